The maximum absolute atomic E-state index is 9.49. The van der Waals surface area contributed by atoms with Gasteiger partial charge in [-0.25, -0.2) is 9.97 Å². The largest absolute Gasteiger partial charge is 0.347 e. The molecule has 0 radical (unpaired) electrons. The molecule has 0 aliphatic heterocycles. The van der Waals surface area contributed by atoms with E-state index in [1.165, 1.54) is 11.1 Å². The third kappa shape index (κ3) is 3.39. The maximum Gasteiger partial charge on any atom is 0.160 e. The van der Waals surface area contributed by atoms with Crippen molar-refractivity contribution in [2.24, 2.45) is 7.05 Å². The van der Waals surface area contributed by atoms with Crippen molar-refractivity contribution in [3.05, 3.63) is 70.3 Å². The van der Waals surface area contributed by atoms with Crippen LogP contribution in [0.1, 0.15) is 47.2 Å². The second kappa shape index (κ2) is 7.79. The van der Waals surface area contributed by atoms with Crippen LogP contribution in [0.5, 0.6) is 0 Å². The summed E-state index contributed by atoms with van der Waals surface area (Å²) in [5, 5.41) is 9.49. The number of hydrogen-bond donors (Lipinski definition) is 0. The molecule has 3 heterocycles. The third-order valence-electron chi connectivity index (χ3n) is 5.74. The van der Waals surface area contributed by atoms with Crippen molar-refractivity contribution >= 4 is 11.2 Å². The zero-order valence-electron chi connectivity index (χ0n) is 18.3. The molecular weight excluding hydrogens is 370 g/mol. The number of rotatable bonds is 5. The van der Waals surface area contributed by atoms with Crippen molar-refractivity contribution in [2.45, 2.75) is 47.1 Å². The van der Waals surface area contributed by atoms with Crippen LogP contribution in [0.4, 0.5) is 0 Å². The quantitative estimate of drug-likeness (QED) is 0.463. The first-order valence-electron chi connectivity index (χ1n) is 10.4. The molecule has 0 unspecified atom stereocenters. The lowest BCUT2D eigenvalue weighted by Gasteiger charge is -2.11. The molecule has 0 bridgehead atoms. The maximum atomic E-state index is 9.49. The van der Waals surface area contributed by atoms with E-state index in [-0.39, 0.29) is 0 Å². The van der Waals surface area contributed by atoms with Gasteiger partial charge in [-0.2, -0.15) is 5.26 Å². The van der Waals surface area contributed by atoms with Crippen molar-refractivity contribution in [3.8, 4) is 17.3 Å². The summed E-state index contributed by atoms with van der Waals surface area (Å²) in [4.78, 5) is 9.70. The predicted molar refractivity (Wildman–Crippen MR) is 120 cm³/mol. The second-order valence-electron chi connectivity index (χ2n) is 8.03. The van der Waals surface area contributed by atoms with Crippen LogP contribution in [0, 0.1) is 32.1 Å². The van der Waals surface area contributed by atoms with Gasteiger partial charge in [-0.1, -0.05) is 31.2 Å². The summed E-state index contributed by atoms with van der Waals surface area (Å²) in [5.74, 6) is 1.09. The molecule has 4 aromatic rings. The van der Waals surface area contributed by atoms with E-state index in [0.29, 0.717) is 5.56 Å². The third-order valence-corrected chi connectivity index (χ3v) is 5.74. The molecule has 0 spiro atoms. The Morgan fingerprint density at radius 1 is 1.03 bits per heavy atom. The van der Waals surface area contributed by atoms with Crippen LogP contribution >= 0.6 is 0 Å². The molecule has 0 fully saturated rings. The summed E-state index contributed by atoms with van der Waals surface area (Å²) in [6.45, 7) is 9.08. The molecule has 152 valence electrons. The number of benzene rings is 1. The molecule has 30 heavy (non-hydrogen) atoms. The first kappa shape index (κ1) is 19.9. The molecule has 1 aromatic carbocycles. The van der Waals surface area contributed by atoms with Crippen LogP contribution in [0.15, 0.2) is 36.4 Å². The topological polar surface area (TPSA) is 59.4 Å². The number of fused-ring (bicyclic) bond motifs is 1. The van der Waals surface area contributed by atoms with Gasteiger partial charge in [0.05, 0.1) is 17.8 Å². The second-order valence-corrected chi connectivity index (χ2v) is 8.03. The molecule has 0 saturated heterocycles. The van der Waals surface area contributed by atoms with Crippen LogP contribution in [-0.2, 0) is 20.0 Å². The van der Waals surface area contributed by atoms with Crippen molar-refractivity contribution in [2.75, 3.05) is 0 Å². The van der Waals surface area contributed by atoms with E-state index >= 15 is 0 Å². The highest BCUT2D eigenvalue weighted by Crippen LogP contribution is 2.27. The van der Waals surface area contributed by atoms with Crippen molar-refractivity contribution in [3.63, 3.8) is 0 Å². The Kier molecular flexibility index (Phi) is 5.17. The lowest BCUT2D eigenvalue weighted by atomic mass is 10.1. The molecule has 0 saturated carbocycles. The SMILES string of the molecule is CCCc1nc2c(C)cc(C)nc2n1Cc1ccc(-c2c(C#N)cc(C)n2C)cc1. The van der Waals surface area contributed by atoms with E-state index in [0.717, 1.165) is 59.0 Å². The van der Waals surface area contributed by atoms with E-state index in [1.807, 2.05) is 27.0 Å². The molecule has 0 atom stereocenters. The van der Waals surface area contributed by atoms with Crippen LogP contribution in [-0.4, -0.2) is 19.1 Å². The Labute approximate surface area is 177 Å². The number of imidazole rings is 1. The Morgan fingerprint density at radius 2 is 1.77 bits per heavy atom. The standard InChI is InChI=1S/C25H27N5/c1-6-7-22-28-23-16(2)12-17(3)27-25(23)30(22)15-19-8-10-20(11-9-19)24-21(14-26)13-18(4)29(24)5/h8-13H,6-7,15H2,1-5H3. The average molecular weight is 398 g/mol. The minimum Gasteiger partial charge on any atom is -0.347 e. The van der Waals surface area contributed by atoms with Crippen molar-refractivity contribution < 1.29 is 0 Å². The Bertz CT molecular complexity index is 1270. The van der Waals surface area contributed by atoms with Gasteiger partial charge in [0.25, 0.3) is 0 Å². The minimum absolute atomic E-state index is 0.712. The molecule has 5 heteroatoms. The van der Waals surface area contributed by atoms with Crippen molar-refractivity contribution in [1.82, 2.24) is 19.1 Å². The number of nitrogens with zero attached hydrogens (tertiary/aromatic N) is 5. The molecule has 0 N–H and O–H groups in total. The normalized spacial score (nSPS) is 11.2. The van der Waals surface area contributed by atoms with Gasteiger partial charge in [0.15, 0.2) is 5.65 Å². The molecule has 0 amide bonds. The summed E-state index contributed by atoms with van der Waals surface area (Å²) >= 11 is 0. The lowest BCUT2D eigenvalue weighted by molar-refractivity contribution is 0.716. The van der Waals surface area contributed by atoms with Gasteiger partial charge >= 0.3 is 0 Å². The van der Waals surface area contributed by atoms with Crippen molar-refractivity contribution in [1.29, 1.82) is 5.26 Å². The first-order valence-corrected chi connectivity index (χ1v) is 10.4. The van der Waals surface area contributed by atoms with Gasteiger partial charge in [-0.15, -0.1) is 0 Å². The zero-order chi connectivity index (χ0) is 21.4. The van der Waals surface area contributed by atoms with Gasteiger partial charge in [-0.3, -0.25) is 0 Å². The summed E-state index contributed by atoms with van der Waals surface area (Å²) in [6.07, 6.45) is 1.98. The fourth-order valence-corrected chi connectivity index (χ4v) is 4.15. The van der Waals surface area contributed by atoms with Crippen LogP contribution in [0.3, 0.4) is 0 Å². The van der Waals surface area contributed by atoms with E-state index in [4.69, 9.17) is 9.97 Å². The Balaban J connectivity index is 1.73. The minimum atomic E-state index is 0.712. The molecule has 0 aliphatic rings. The highest BCUT2D eigenvalue weighted by Gasteiger charge is 2.15. The van der Waals surface area contributed by atoms with Crippen LogP contribution in [0.25, 0.3) is 22.4 Å². The number of hydrogen-bond acceptors (Lipinski definition) is 3. The summed E-state index contributed by atoms with van der Waals surface area (Å²) < 4.78 is 4.33. The summed E-state index contributed by atoms with van der Waals surface area (Å²) in [6, 6.07) is 14.8. The van der Waals surface area contributed by atoms with Crippen LogP contribution in [0.2, 0.25) is 0 Å². The number of aromatic nitrogens is 4. The molecule has 3 aromatic heterocycles. The van der Waals surface area contributed by atoms with E-state index in [9.17, 15) is 5.26 Å². The highest BCUT2D eigenvalue weighted by molar-refractivity contribution is 5.76. The summed E-state index contributed by atoms with van der Waals surface area (Å²) in [7, 11) is 2.00. The fraction of sp³-hybridized carbons (Fsp3) is 0.320. The highest BCUT2D eigenvalue weighted by atomic mass is 15.1. The van der Waals surface area contributed by atoms with E-state index < -0.39 is 0 Å². The lowest BCUT2D eigenvalue weighted by Crippen LogP contribution is -2.06. The molecule has 0 aliphatic carbocycles. The molecular formula is C25H27N5. The summed E-state index contributed by atoms with van der Waals surface area (Å²) in [5.41, 5.74) is 9.16. The number of pyridine rings is 1. The van der Waals surface area contributed by atoms with E-state index in [1.54, 1.807) is 0 Å². The molecule has 5 nitrogen and oxygen atoms in total. The van der Waals surface area contributed by atoms with Gasteiger partial charge in [0.2, 0.25) is 0 Å². The smallest absolute Gasteiger partial charge is 0.160 e. The molecule has 4 rings (SSSR count). The Morgan fingerprint density at radius 3 is 2.43 bits per heavy atom. The number of nitriles is 1. The Hall–Kier alpha value is -3.39. The first-order chi connectivity index (χ1) is 14.4. The van der Waals surface area contributed by atoms with Crippen LogP contribution < -0.4 is 0 Å². The fourth-order valence-electron chi connectivity index (χ4n) is 4.15. The average Bonchev–Trinajstić information content (AvgIpc) is 3.20. The van der Waals surface area contributed by atoms with Gasteiger partial charge in [-0.05, 0) is 56.0 Å². The van der Waals surface area contributed by atoms with E-state index in [2.05, 4.69) is 59.4 Å². The predicted octanol–water partition coefficient (Wildman–Crippen LogP) is 5.23. The van der Waals surface area contributed by atoms with Gasteiger partial charge in [0.1, 0.15) is 17.4 Å². The monoisotopic (exact) mass is 397 g/mol. The van der Waals surface area contributed by atoms with Gasteiger partial charge < -0.3 is 9.13 Å². The zero-order valence-corrected chi connectivity index (χ0v) is 18.3. The van der Waals surface area contributed by atoms with Gasteiger partial charge in [0, 0.05) is 24.9 Å². The number of aryl methyl sites for hydroxylation is 4.